The van der Waals surface area contributed by atoms with E-state index in [2.05, 4.69) is 18.7 Å². The molecule has 1 aromatic carbocycles. The number of ether oxygens (including phenoxy) is 1. The number of benzene rings is 1. The predicted octanol–water partition coefficient (Wildman–Crippen LogP) is 1.99. The summed E-state index contributed by atoms with van der Waals surface area (Å²) < 4.78 is 4.96. The van der Waals surface area contributed by atoms with Crippen molar-refractivity contribution in [1.82, 2.24) is 4.90 Å². The highest BCUT2D eigenvalue weighted by atomic mass is 16.5. The van der Waals surface area contributed by atoms with Crippen molar-refractivity contribution < 1.29 is 9.53 Å². The molecule has 0 bridgehead atoms. The second-order valence-electron chi connectivity index (χ2n) is 6.36. The minimum absolute atomic E-state index is 0.373. The Balaban J connectivity index is 2.17. The molecule has 0 amide bonds. The minimum atomic E-state index is -1.10. The summed E-state index contributed by atoms with van der Waals surface area (Å²) in [4.78, 5) is 14.5. The molecule has 1 heterocycles. The van der Waals surface area contributed by atoms with Gasteiger partial charge in [-0.05, 0) is 30.4 Å². The van der Waals surface area contributed by atoms with Gasteiger partial charge >= 0.3 is 5.97 Å². The van der Waals surface area contributed by atoms with Gasteiger partial charge in [0.05, 0.1) is 7.11 Å². The number of hydrogen-bond acceptors (Lipinski definition) is 4. The lowest BCUT2D eigenvalue weighted by Crippen LogP contribution is -2.53. The average molecular weight is 290 g/mol. The number of nitrogens with zero attached hydrogens (tertiary/aromatic N) is 1. The average Bonchev–Trinajstić information content (AvgIpc) is 2.95. The van der Waals surface area contributed by atoms with Crippen LogP contribution in [0.3, 0.4) is 0 Å². The number of carbonyl (C=O) groups is 1. The lowest BCUT2D eigenvalue weighted by atomic mass is 9.90. The lowest BCUT2D eigenvalue weighted by molar-refractivity contribution is -0.148. The molecule has 1 aliphatic rings. The second kappa shape index (κ2) is 6.58. The molecule has 116 valence electrons. The van der Waals surface area contributed by atoms with Crippen molar-refractivity contribution in [3.8, 4) is 0 Å². The van der Waals surface area contributed by atoms with E-state index in [9.17, 15) is 4.79 Å². The molecule has 1 fully saturated rings. The molecule has 0 spiro atoms. The highest BCUT2D eigenvalue weighted by molar-refractivity contribution is 5.82. The van der Waals surface area contributed by atoms with Crippen LogP contribution in [0.4, 0.5) is 0 Å². The van der Waals surface area contributed by atoms with Crippen LogP contribution in [-0.4, -0.2) is 37.6 Å². The van der Waals surface area contributed by atoms with E-state index in [0.717, 1.165) is 18.7 Å². The smallest absolute Gasteiger partial charge is 0.331 e. The van der Waals surface area contributed by atoms with E-state index in [1.165, 1.54) is 13.5 Å². The van der Waals surface area contributed by atoms with Crippen LogP contribution in [0, 0.1) is 11.8 Å². The molecule has 0 radical (unpaired) electrons. The zero-order chi connectivity index (χ0) is 15.5. The fourth-order valence-electron chi connectivity index (χ4n) is 3.09. The van der Waals surface area contributed by atoms with Gasteiger partial charge in [0.2, 0.25) is 0 Å². The first-order chi connectivity index (χ1) is 9.97. The van der Waals surface area contributed by atoms with E-state index in [-0.39, 0.29) is 5.97 Å². The van der Waals surface area contributed by atoms with Gasteiger partial charge in [0, 0.05) is 13.1 Å². The van der Waals surface area contributed by atoms with E-state index in [0.29, 0.717) is 18.4 Å². The van der Waals surface area contributed by atoms with Crippen molar-refractivity contribution in [2.24, 2.45) is 17.6 Å². The number of rotatable bonds is 5. The molecule has 4 heteroatoms. The van der Waals surface area contributed by atoms with Crippen LogP contribution in [0.15, 0.2) is 30.3 Å². The van der Waals surface area contributed by atoms with Crippen LogP contribution in [-0.2, 0) is 15.1 Å². The van der Waals surface area contributed by atoms with Gasteiger partial charge < -0.3 is 15.4 Å². The molecule has 0 aliphatic carbocycles. The molecule has 4 nitrogen and oxygen atoms in total. The molecule has 21 heavy (non-hydrogen) atoms. The number of hydrogen-bond donors (Lipinski definition) is 1. The van der Waals surface area contributed by atoms with Crippen molar-refractivity contribution in [3.63, 3.8) is 0 Å². The molecule has 2 N–H and O–H groups in total. The summed E-state index contributed by atoms with van der Waals surface area (Å²) in [5.41, 5.74) is 6.17. The summed E-state index contributed by atoms with van der Waals surface area (Å²) in [5.74, 6) is 0.974. The maximum Gasteiger partial charge on any atom is 0.331 e. The quantitative estimate of drug-likeness (QED) is 0.843. The van der Waals surface area contributed by atoms with Gasteiger partial charge in [0.15, 0.2) is 5.54 Å². The first-order valence-electron chi connectivity index (χ1n) is 7.62. The monoisotopic (exact) mass is 290 g/mol. The van der Waals surface area contributed by atoms with Gasteiger partial charge in [-0.25, -0.2) is 4.79 Å². The first-order valence-corrected chi connectivity index (χ1v) is 7.62. The van der Waals surface area contributed by atoms with Crippen LogP contribution < -0.4 is 5.73 Å². The van der Waals surface area contributed by atoms with Gasteiger partial charge in [-0.1, -0.05) is 44.2 Å². The van der Waals surface area contributed by atoms with Crippen molar-refractivity contribution in [2.45, 2.75) is 25.8 Å². The zero-order valence-corrected chi connectivity index (χ0v) is 13.2. The van der Waals surface area contributed by atoms with Crippen LogP contribution in [0.2, 0.25) is 0 Å². The molecule has 0 aromatic heterocycles. The SMILES string of the molecule is COC(=O)C(N)(CN1CCC(C(C)C)C1)c1ccccc1. The Hall–Kier alpha value is -1.39. The van der Waals surface area contributed by atoms with E-state index in [1.54, 1.807) is 0 Å². The van der Waals surface area contributed by atoms with Crippen LogP contribution in [0.5, 0.6) is 0 Å². The van der Waals surface area contributed by atoms with E-state index in [1.807, 2.05) is 30.3 Å². The number of carbonyl (C=O) groups excluding carboxylic acids is 1. The third kappa shape index (κ3) is 3.44. The summed E-state index contributed by atoms with van der Waals surface area (Å²) in [6, 6.07) is 9.52. The normalized spacial score (nSPS) is 22.2. The molecule has 1 aromatic rings. The van der Waals surface area contributed by atoms with Crippen molar-refractivity contribution >= 4 is 5.97 Å². The molecule has 0 saturated carbocycles. The van der Waals surface area contributed by atoms with Gasteiger partial charge in [0.25, 0.3) is 0 Å². The van der Waals surface area contributed by atoms with Gasteiger partial charge in [-0.2, -0.15) is 0 Å². The summed E-state index contributed by atoms with van der Waals surface area (Å²) in [6.07, 6.45) is 1.17. The number of esters is 1. The fourth-order valence-corrected chi connectivity index (χ4v) is 3.09. The Labute approximate surface area is 127 Å². The largest absolute Gasteiger partial charge is 0.467 e. The maximum atomic E-state index is 12.3. The van der Waals surface area contributed by atoms with Crippen molar-refractivity contribution in [1.29, 1.82) is 0 Å². The Kier molecular flexibility index (Phi) is 5.01. The van der Waals surface area contributed by atoms with Gasteiger partial charge in [-0.3, -0.25) is 0 Å². The molecule has 1 saturated heterocycles. The second-order valence-corrected chi connectivity index (χ2v) is 6.36. The first kappa shape index (κ1) is 16.0. The zero-order valence-electron chi connectivity index (χ0n) is 13.2. The van der Waals surface area contributed by atoms with E-state index in [4.69, 9.17) is 10.5 Å². The topological polar surface area (TPSA) is 55.6 Å². The minimum Gasteiger partial charge on any atom is -0.467 e. The Morgan fingerprint density at radius 2 is 2.10 bits per heavy atom. The Morgan fingerprint density at radius 3 is 2.62 bits per heavy atom. The third-order valence-corrected chi connectivity index (χ3v) is 4.56. The molecular weight excluding hydrogens is 264 g/mol. The summed E-state index contributed by atoms with van der Waals surface area (Å²) in [7, 11) is 1.40. The molecule has 2 unspecified atom stereocenters. The van der Waals surface area contributed by atoms with E-state index >= 15 is 0 Å². The standard InChI is InChI=1S/C17H26N2O2/c1-13(2)14-9-10-19(11-14)12-17(18,16(20)21-3)15-7-5-4-6-8-15/h4-8,13-14H,9-12,18H2,1-3H3. The third-order valence-electron chi connectivity index (χ3n) is 4.56. The highest BCUT2D eigenvalue weighted by Crippen LogP contribution is 2.28. The Morgan fingerprint density at radius 1 is 1.43 bits per heavy atom. The van der Waals surface area contributed by atoms with Crippen molar-refractivity contribution in [2.75, 3.05) is 26.7 Å². The fraction of sp³-hybridized carbons (Fsp3) is 0.588. The number of likely N-dealkylation sites (tertiary alicyclic amines) is 1. The summed E-state index contributed by atoms with van der Waals surface area (Å²) in [6.45, 7) is 7.00. The van der Waals surface area contributed by atoms with Crippen LogP contribution in [0.1, 0.15) is 25.8 Å². The van der Waals surface area contributed by atoms with E-state index < -0.39 is 5.54 Å². The predicted molar refractivity (Wildman–Crippen MR) is 83.7 cm³/mol. The Bertz CT molecular complexity index is 475. The number of nitrogens with two attached hydrogens (primary N) is 1. The maximum absolute atomic E-state index is 12.3. The molecule has 2 atom stereocenters. The lowest BCUT2D eigenvalue weighted by Gasteiger charge is -2.31. The van der Waals surface area contributed by atoms with Gasteiger partial charge in [-0.15, -0.1) is 0 Å². The highest BCUT2D eigenvalue weighted by Gasteiger charge is 2.40. The summed E-state index contributed by atoms with van der Waals surface area (Å²) in [5, 5.41) is 0. The van der Waals surface area contributed by atoms with Crippen LogP contribution >= 0.6 is 0 Å². The molecular formula is C17H26N2O2. The molecule has 2 rings (SSSR count). The summed E-state index contributed by atoms with van der Waals surface area (Å²) >= 11 is 0. The van der Waals surface area contributed by atoms with Crippen molar-refractivity contribution in [3.05, 3.63) is 35.9 Å². The number of methoxy groups -OCH3 is 1. The molecule has 1 aliphatic heterocycles. The van der Waals surface area contributed by atoms with Gasteiger partial charge in [0.1, 0.15) is 0 Å². The van der Waals surface area contributed by atoms with Crippen LogP contribution in [0.25, 0.3) is 0 Å².